The van der Waals surface area contributed by atoms with Crippen LogP contribution in [0.4, 0.5) is 0 Å². The maximum atomic E-state index is 12.7. The van der Waals surface area contributed by atoms with Crippen LogP contribution in [0.1, 0.15) is 47.5 Å². The molecule has 0 bridgehead atoms. The van der Waals surface area contributed by atoms with Gasteiger partial charge in [0.2, 0.25) is 11.8 Å². The molecule has 0 aliphatic carbocycles. The van der Waals surface area contributed by atoms with Crippen molar-refractivity contribution in [3.05, 3.63) is 11.1 Å². The van der Waals surface area contributed by atoms with Gasteiger partial charge in [-0.1, -0.05) is 38.8 Å². The fraction of sp³-hybridized carbons (Fsp3) is 0.733. The standard InChI is InChI=1S/C15H25ClN2O2/c1-6-11(4)12-13(19)18(9-10(3)8-16)15(5,7-2)14(20)17-12/h8,11-12H,6-7,9H2,1-5H3,(H,17,20). The number of rotatable bonds is 5. The van der Waals surface area contributed by atoms with Crippen LogP contribution in [-0.4, -0.2) is 34.8 Å². The third kappa shape index (κ3) is 3.00. The first-order valence-electron chi connectivity index (χ1n) is 7.20. The van der Waals surface area contributed by atoms with Crippen molar-refractivity contribution in [2.45, 2.75) is 59.0 Å². The van der Waals surface area contributed by atoms with Gasteiger partial charge in [0, 0.05) is 12.1 Å². The number of hydrogen-bond acceptors (Lipinski definition) is 2. The molecule has 0 aromatic rings. The Morgan fingerprint density at radius 3 is 2.55 bits per heavy atom. The molecular formula is C15H25ClN2O2. The Kier molecular flexibility index (Phi) is 5.63. The summed E-state index contributed by atoms with van der Waals surface area (Å²) >= 11 is 5.72. The largest absolute Gasteiger partial charge is 0.342 e. The average molecular weight is 301 g/mol. The molecule has 0 radical (unpaired) electrons. The van der Waals surface area contributed by atoms with Gasteiger partial charge in [0.25, 0.3) is 0 Å². The van der Waals surface area contributed by atoms with Crippen molar-refractivity contribution in [3.63, 3.8) is 0 Å². The van der Waals surface area contributed by atoms with E-state index in [4.69, 9.17) is 11.6 Å². The monoisotopic (exact) mass is 300 g/mol. The molecule has 0 aromatic carbocycles. The Hall–Kier alpha value is -1.03. The number of carbonyl (C=O) groups is 2. The van der Waals surface area contributed by atoms with Crippen molar-refractivity contribution in [1.29, 1.82) is 0 Å². The van der Waals surface area contributed by atoms with Gasteiger partial charge in [-0.2, -0.15) is 0 Å². The fourth-order valence-electron chi connectivity index (χ4n) is 2.40. The van der Waals surface area contributed by atoms with E-state index >= 15 is 0 Å². The molecule has 20 heavy (non-hydrogen) atoms. The van der Waals surface area contributed by atoms with Crippen molar-refractivity contribution in [3.8, 4) is 0 Å². The second kappa shape index (κ2) is 6.61. The summed E-state index contributed by atoms with van der Waals surface area (Å²) in [4.78, 5) is 26.9. The molecule has 3 unspecified atom stereocenters. The molecule has 1 aliphatic rings. The highest BCUT2D eigenvalue weighted by atomic mass is 35.5. The lowest BCUT2D eigenvalue weighted by molar-refractivity contribution is -0.157. The van der Waals surface area contributed by atoms with Gasteiger partial charge in [0.15, 0.2) is 0 Å². The van der Waals surface area contributed by atoms with E-state index in [-0.39, 0.29) is 17.7 Å². The molecule has 1 fully saturated rings. The molecule has 5 heteroatoms. The van der Waals surface area contributed by atoms with Crippen LogP contribution in [0.25, 0.3) is 0 Å². The van der Waals surface area contributed by atoms with Gasteiger partial charge < -0.3 is 10.2 Å². The van der Waals surface area contributed by atoms with Crippen molar-refractivity contribution in [2.24, 2.45) is 5.92 Å². The minimum atomic E-state index is -0.803. The van der Waals surface area contributed by atoms with E-state index in [0.29, 0.717) is 13.0 Å². The van der Waals surface area contributed by atoms with Crippen molar-refractivity contribution in [1.82, 2.24) is 10.2 Å². The minimum Gasteiger partial charge on any atom is -0.342 e. The van der Waals surface area contributed by atoms with Gasteiger partial charge in [0.1, 0.15) is 11.6 Å². The number of nitrogens with zero attached hydrogens (tertiary/aromatic N) is 1. The maximum Gasteiger partial charge on any atom is 0.246 e. The molecular weight excluding hydrogens is 276 g/mol. The zero-order valence-electron chi connectivity index (χ0n) is 13.0. The summed E-state index contributed by atoms with van der Waals surface area (Å²) in [6.07, 6.45) is 1.42. The molecule has 1 N–H and O–H groups in total. The van der Waals surface area contributed by atoms with Crippen molar-refractivity contribution in [2.75, 3.05) is 6.54 Å². The zero-order valence-corrected chi connectivity index (χ0v) is 13.8. The Balaban J connectivity index is 3.14. The van der Waals surface area contributed by atoms with Gasteiger partial charge in [-0.25, -0.2) is 0 Å². The number of halogens is 1. The lowest BCUT2D eigenvalue weighted by Crippen LogP contribution is -2.70. The van der Waals surface area contributed by atoms with Crippen LogP contribution in [0.3, 0.4) is 0 Å². The first kappa shape index (κ1) is 17.0. The minimum absolute atomic E-state index is 0.0128. The lowest BCUT2D eigenvalue weighted by Gasteiger charge is -2.47. The predicted octanol–water partition coefficient (Wildman–Crippen LogP) is 2.67. The van der Waals surface area contributed by atoms with E-state index in [1.54, 1.807) is 4.90 Å². The summed E-state index contributed by atoms with van der Waals surface area (Å²) in [7, 11) is 0. The molecule has 3 atom stereocenters. The van der Waals surface area contributed by atoms with Crippen molar-refractivity contribution >= 4 is 23.4 Å². The molecule has 1 heterocycles. The van der Waals surface area contributed by atoms with Crippen LogP contribution in [0.2, 0.25) is 0 Å². The van der Waals surface area contributed by atoms with E-state index in [1.165, 1.54) is 5.54 Å². The molecule has 0 saturated carbocycles. The van der Waals surface area contributed by atoms with Crippen LogP contribution >= 0.6 is 11.6 Å². The molecule has 1 rings (SSSR count). The van der Waals surface area contributed by atoms with Crippen LogP contribution in [0.5, 0.6) is 0 Å². The third-order valence-electron chi connectivity index (χ3n) is 4.40. The number of carbonyl (C=O) groups excluding carboxylic acids is 2. The summed E-state index contributed by atoms with van der Waals surface area (Å²) in [6.45, 7) is 10.00. The van der Waals surface area contributed by atoms with E-state index in [1.807, 2.05) is 34.6 Å². The first-order chi connectivity index (χ1) is 9.31. The Labute approximate surface area is 126 Å². The molecule has 114 valence electrons. The molecule has 2 amide bonds. The van der Waals surface area contributed by atoms with Crippen LogP contribution in [-0.2, 0) is 9.59 Å². The molecule has 0 aromatic heterocycles. The first-order valence-corrected chi connectivity index (χ1v) is 7.63. The maximum absolute atomic E-state index is 12.7. The van der Waals surface area contributed by atoms with Crippen LogP contribution in [0.15, 0.2) is 11.1 Å². The van der Waals surface area contributed by atoms with E-state index in [9.17, 15) is 9.59 Å². The van der Waals surface area contributed by atoms with E-state index in [0.717, 1.165) is 12.0 Å². The number of nitrogens with one attached hydrogen (secondary N) is 1. The van der Waals surface area contributed by atoms with Crippen LogP contribution in [0, 0.1) is 5.92 Å². The number of hydrogen-bond donors (Lipinski definition) is 1. The molecule has 4 nitrogen and oxygen atoms in total. The highest BCUT2D eigenvalue weighted by molar-refractivity contribution is 6.25. The Bertz CT molecular complexity index is 422. The van der Waals surface area contributed by atoms with Gasteiger partial charge in [0.05, 0.1) is 0 Å². The number of piperazine rings is 1. The van der Waals surface area contributed by atoms with Gasteiger partial charge in [-0.15, -0.1) is 0 Å². The second-order valence-corrected chi connectivity index (χ2v) is 6.06. The summed E-state index contributed by atoms with van der Waals surface area (Å²) in [5, 5.41) is 2.90. The molecule has 1 saturated heterocycles. The molecule has 0 spiro atoms. The third-order valence-corrected chi connectivity index (χ3v) is 4.77. The van der Waals surface area contributed by atoms with E-state index < -0.39 is 11.6 Å². The van der Waals surface area contributed by atoms with Gasteiger partial charge in [-0.05, 0) is 31.8 Å². The van der Waals surface area contributed by atoms with Crippen molar-refractivity contribution < 1.29 is 9.59 Å². The highest BCUT2D eigenvalue weighted by Crippen LogP contribution is 2.28. The normalized spacial score (nSPS) is 29.4. The van der Waals surface area contributed by atoms with E-state index in [2.05, 4.69) is 5.32 Å². The summed E-state index contributed by atoms with van der Waals surface area (Å²) in [6, 6.07) is -0.435. The SMILES string of the molecule is CCC(C)C1NC(=O)C(C)(CC)N(CC(C)=CCl)C1=O. The quantitative estimate of drug-likeness (QED) is 0.848. The summed E-state index contributed by atoms with van der Waals surface area (Å²) < 4.78 is 0. The summed E-state index contributed by atoms with van der Waals surface area (Å²) in [5.74, 6) is 0.0316. The number of amides is 2. The Morgan fingerprint density at radius 2 is 2.10 bits per heavy atom. The Morgan fingerprint density at radius 1 is 1.50 bits per heavy atom. The second-order valence-electron chi connectivity index (χ2n) is 5.84. The topological polar surface area (TPSA) is 49.4 Å². The average Bonchev–Trinajstić information content (AvgIpc) is 2.46. The smallest absolute Gasteiger partial charge is 0.246 e. The lowest BCUT2D eigenvalue weighted by atomic mass is 9.86. The highest BCUT2D eigenvalue weighted by Gasteiger charge is 2.49. The molecule has 1 aliphatic heterocycles. The van der Waals surface area contributed by atoms with Gasteiger partial charge >= 0.3 is 0 Å². The van der Waals surface area contributed by atoms with Crippen LogP contribution < -0.4 is 5.32 Å². The van der Waals surface area contributed by atoms with Gasteiger partial charge in [-0.3, -0.25) is 9.59 Å². The predicted molar refractivity (Wildman–Crippen MR) is 81.4 cm³/mol. The fourth-order valence-corrected chi connectivity index (χ4v) is 2.47. The zero-order chi connectivity index (χ0) is 15.5. The summed E-state index contributed by atoms with van der Waals surface area (Å²) in [5.41, 5.74) is 1.54.